The number of amides is 3. The molecule has 0 saturated heterocycles. The van der Waals surface area contributed by atoms with Crippen LogP contribution in [0.3, 0.4) is 0 Å². The third kappa shape index (κ3) is 5.36. The van der Waals surface area contributed by atoms with Gasteiger partial charge in [0.2, 0.25) is 0 Å². The number of hydrogen-bond acceptors (Lipinski definition) is 6. The third-order valence-electron chi connectivity index (χ3n) is 4.03. The van der Waals surface area contributed by atoms with Crippen molar-refractivity contribution in [2.75, 3.05) is 19.6 Å². The zero-order chi connectivity index (χ0) is 20.5. The van der Waals surface area contributed by atoms with Crippen molar-refractivity contribution in [1.29, 1.82) is 0 Å². The van der Waals surface area contributed by atoms with Gasteiger partial charge in [-0.15, -0.1) is 0 Å². The van der Waals surface area contributed by atoms with Gasteiger partial charge in [0.1, 0.15) is 6.04 Å². The minimum absolute atomic E-state index is 0.151. The van der Waals surface area contributed by atoms with Gasteiger partial charge in [-0.1, -0.05) is 24.3 Å². The molecule has 3 amide bonds. The van der Waals surface area contributed by atoms with Crippen LogP contribution in [0.5, 0.6) is 0 Å². The van der Waals surface area contributed by atoms with Gasteiger partial charge in [0, 0.05) is 30.8 Å². The second kappa shape index (κ2) is 10.2. The Bertz CT molecular complexity index is 821. The first kappa shape index (κ1) is 21.0. The number of hydrogen-bond donors (Lipinski definition) is 6. The summed E-state index contributed by atoms with van der Waals surface area (Å²) in [4.78, 5) is 35.5. The fourth-order valence-corrected chi connectivity index (χ4v) is 2.47. The molecule has 0 spiro atoms. The van der Waals surface area contributed by atoms with E-state index < -0.39 is 17.9 Å². The van der Waals surface area contributed by atoms with Gasteiger partial charge < -0.3 is 22.1 Å². The summed E-state index contributed by atoms with van der Waals surface area (Å²) in [7, 11) is 0. The summed E-state index contributed by atoms with van der Waals surface area (Å²) in [5, 5.41) is 13.8. The lowest BCUT2D eigenvalue weighted by molar-refractivity contribution is -0.130. The lowest BCUT2D eigenvalue weighted by Crippen LogP contribution is -2.50. The third-order valence-corrected chi connectivity index (χ3v) is 4.03. The van der Waals surface area contributed by atoms with Gasteiger partial charge in [0.15, 0.2) is 0 Å². The smallest absolute Gasteiger partial charge is 0.267 e. The Morgan fingerprint density at radius 1 is 0.857 bits per heavy atom. The molecule has 0 fully saturated rings. The minimum Gasteiger partial charge on any atom is -0.351 e. The predicted octanol–water partition coefficient (Wildman–Crippen LogP) is -0.395. The molecule has 148 valence electrons. The van der Waals surface area contributed by atoms with E-state index in [0.29, 0.717) is 24.2 Å². The van der Waals surface area contributed by atoms with E-state index in [1.807, 2.05) is 12.1 Å². The number of carbonyl (C=O) groups is 3. The molecular formula is C19H23N5O4. The summed E-state index contributed by atoms with van der Waals surface area (Å²) in [5.41, 5.74) is 14.8. The SMILES string of the molecule is NCCNC(=O)c1ccc(-c2ccc(C(=O)N[C@@H](CN)C(=O)NO)cc2)cc1. The lowest BCUT2D eigenvalue weighted by Gasteiger charge is -2.14. The van der Waals surface area contributed by atoms with Gasteiger partial charge >= 0.3 is 0 Å². The van der Waals surface area contributed by atoms with Crippen LogP contribution < -0.4 is 27.6 Å². The molecular weight excluding hydrogens is 362 g/mol. The van der Waals surface area contributed by atoms with E-state index in [0.717, 1.165) is 11.1 Å². The van der Waals surface area contributed by atoms with Crippen LogP contribution in [-0.4, -0.2) is 48.6 Å². The molecule has 2 rings (SSSR count). The summed E-state index contributed by atoms with van der Waals surface area (Å²) >= 11 is 0. The van der Waals surface area contributed by atoms with E-state index in [1.165, 1.54) is 5.48 Å². The predicted molar refractivity (Wildman–Crippen MR) is 104 cm³/mol. The van der Waals surface area contributed by atoms with Crippen LogP contribution in [0.15, 0.2) is 48.5 Å². The fourth-order valence-electron chi connectivity index (χ4n) is 2.47. The summed E-state index contributed by atoms with van der Waals surface area (Å²) in [6, 6.07) is 12.7. The molecule has 9 heteroatoms. The first-order valence-corrected chi connectivity index (χ1v) is 8.63. The molecule has 0 aliphatic rings. The van der Waals surface area contributed by atoms with Crippen LogP contribution in [0.2, 0.25) is 0 Å². The van der Waals surface area contributed by atoms with Crippen molar-refractivity contribution in [2.24, 2.45) is 11.5 Å². The van der Waals surface area contributed by atoms with Crippen LogP contribution in [0.4, 0.5) is 0 Å². The van der Waals surface area contributed by atoms with Crippen molar-refractivity contribution in [3.8, 4) is 11.1 Å². The van der Waals surface area contributed by atoms with Crippen molar-refractivity contribution in [2.45, 2.75) is 6.04 Å². The Kier molecular flexibility index (Phi) is 7.64. The molecule has 8 N–H and O–H groups in total. The summed E-state index contributed by atoms with van der Waals surface area (Å²) in [5.74, 6) is -1.47. The molecule has 0 radical (unpaired) electrons. The van der Waals surface area contributed by atoms with Gasteiger partial charge in [0.25, 0.3) is 17.7 Å². The molecule has 0 heterocycles. The highest BCUT2D eigenvalue weighted by Crippen LogP contribution is 2.20. The maximum Gasteiger partial charge on any atom is 0.267 e. The number of hydroxylamine groups is 1. The standard InChI is InChI=1S/C19H23N5O4/c20-9-10-22-17(25)14-5-1-12(2-6-14)13-3-7-15(8-4-13)18(26)23-16(11-21)19(27)24-28/h1-8,16,28H,9-11,20-21H2,(H,22,25)(H,23,26)(H,24,27)/t16-/m0/s1. The molecule has 0 aliphatic heterocycles. The second-order valence-electron chi connectivity index (χ2n) is 5.94. The fraction of sp³-hybridized carbons (Fsp3) is 0.211. The number of benzene rings is 2. The summed E-state index contributed by atoms with van der Waals surface area (Å²) < 4.78 is 0. The normalized spacial score (nSPS) is 11.4. The highest BCUT2D eigenvalue weighted by atomic mass is 16.5. The van der Waals surface area contributed by atoms with Gasteiger partial charge in [-0.3, -0.25) is 19.6 Å². The number of nitrogens with one attached hydrogen (secondary N) is 3. The Morgan fingerprint density at radius 3 is 1.79 bits per heavy atom. The van der Waals surface area contributed by atoms with Gasteiger partial charge in [-0.2, -0.15) is 0 Å². The maximum absolute atomic E-state index is 12.2. The Morgan fingerprint density at radius 2 is 1.36 bits per heavy atom. The summed E-state index contributed by atoms with van der Waals surface area (Å²) in [6.45, 7) is 0.636. The van der Waals surface area contributed by atoms with E-state index >= 15 is 0 Å². The van der Waals surface area contributed by atoms with E-state index in [9.17, 15) is 14.4 Å². The van der Waals surface area contributed by atoms with Crippen molar-refractivity contribution in [1.82, 2.24) is 16.1 Å². The number of carbonyl (C=O) groups excluding carboxylic acids is 3. The van der Waals surface area contributed by atoms with Crippen LogP contribution in [-0.2, 0) is 4.79 Å². The van der Waals surface area contributed by atoms with Gasteiger partial charge in [-0.25, -0.2) is 5.48 Å². The maximum atomic E-state index is 12.2. The number of nitrogens with two attached hydrogens (primary N) is 2. The largest absolute Gasteiger partial charge is 0.351 e. The van der Waals surface area contributed by atoms with Gasteiger partial charge in [0.05, 0.1) is 0 Å². The lowest BCUT2D eigenvalue weighted by atomic mass is 10.0. The number of rotatable bonds is 8. The first-order valence-electron chi connectivity index (χ1n) is 8.63. The van der Waals surface area contributed by atoms with Crippen LogP contribution in [0.1, 0.15) is 20.7 Å². The highest BCUT2D eigenvalue weighted by Gasteiger charge is 2.19. The van der Waals surface area contributed by atoms with Crippen LogP contribution >= 0.6 is 0 Å². The molecule has 0 bridgehead atoms. The first-order chi connectivity index (χ1) is 13.5. The van der Waals surface area contributed by atoms with Crippen LogP contribution in [0.25, 0.3) is 11.1 Å². The van der Waals surface area contributed by atoms with E-state index in [4.69, 9.17) is 16.7 Å². The van der Waals surface area contributed by atoms with Crippen molar-refractivity contribution in [3.05, 3.63) is 59.7 Å². The quantitative estimate of drug-likeness (QED) is 0.268. The minimum atomic E-state index is -1.03. The Hall–Kier alpha value is -3.27. The highest BCUT2D eigenvalue weighted by molar-refractivity contribution is 5.98. The van der Waals surface area contributed by atoms with E-state index in [1.54, 1.807) is 36.4 Å². The molecule has 0 unspecified atom stereocenters. The average molecular weight is 385 g/mol. The topological polar surface area (TPSA) is 160 Å². The zero-order valence-corrected chi connectivity index (χ0v) is 15.1. The zero-order valence-electron chi connectivity index (χ0n) is 15.1. The Balaban J connectivity index is 2.06. The molecule has 2 aromatic carbocycles. The Labute approximate surface area is 162 Å². The monoisotopic (exact) mass is 385 g/mol. The van der Waals surface area contributed by atoms with Crippen molar-refractivity contribution in [3.63, 3.8) is 0 Å². The average Bonchev–Trinajstić information content (AvgIpc) is 2.75. The molecule has 0 saturated carbocycles. The summed E-state index contributed by atoms with van der Waals surface area (Å²) in [6.07, 6.45) is 0. The van der Waals surface area contributed by atoms with Gasteiger partial charge in [-0.05, 0) is 35.4 Å². The molecule has 2 aromatic rings. The second-order valence-corrected chi connectivity index (χ2v) is 5.94. The van der Waals surface area contributed by atoms with E-state index in [2.05, 4.69) is 10.6 Å². The van der Waals surface area contributed by atoms with Crippen LogP contribution in [0, 0.1) is 0 Å². The molecule has 9 nitrogen and oxygen atoms in total. The molecule has 28 heavy (non-hydrogen) atoms. The van der Waals surface area contributed by atoms with Crippen molar-refractivity contribution < 1.29 is 19.6 Å². The molecule has 0 aromatic heterocycles. The molecule has 0 aliphatic carbocycles. The van der Waals surface area contributed by atoms with Crippen molar-refractivity contribution >= 4 is 17.7 Å². The van der Waals surface area contributed by atoms with E-state index in [-0.39, 0.29) is 12.5 Å². The molecule has 1 atom stereocenters.